The summed E-state index contributed by atoms with van der Waals surface area (Å²) in [6.07, 6.45) is 0.407. The minimum Gasteiger partial charge on any atom is -0.298 e. The lowest BCUT2D eigenvalue weighted by atomic mass is 10.1. The molecule has 0 aliphatic carbocycles. The zero-order chi connectivity index (χ0) is 10.9. The van der Waals surface area contributed by atoms with Gasteiger partial charge < -0.3 is 0 Å². The van der Waals surface area contributed by atoms with E-state index in [2.05, 4.69) is 0 Å². The molecule has 0 N–H and O–H groups in total. The van der Waals surface area contributed by atoms with Crippen LogP contribution in [0.15, 0.2) is 0 Å². The first-order chi connectivity index (χ1) is 6.54. The number of carbonyl (C=O) groups excluding carboxylic acids is 2. The maximum atomic E-state index is 13.2. The number of benzene rings is 1. The molecule has 0 aromatic heterocycles. The molecule has 2 nitrogen and oxygen atoms in total. The van der Waals surface area contributed by atoms with E-state index in [4.69, 9.17) is 34.8 Å². The summed E-state index contributed by atoms with van der Waals surface area (Å²) in [6.45, 7) is 0. The molecule has 0 amide bonds. The van der Waals surface area contributed by atoms with Gasteiger partial charge in [-0.1, -0.05) is 34.8 Å². The lowest BCUT2D eigenvalue weighted by Crippen LogP contribution is -1.99. The molecule has 1 rings (SSSR count). The molecule has 0 radical (unpaired) electrons. The summed E-state index contributed by atoms with van der Waals surface area (Å²) in [4.78, 5) is 21.0. The fourth-order valence-electron chi connectivity index (χ4n) is 0.896. The molecular formula is C8H2Cl3FO2. The molecule has 0 spiro atoms. The summed E-state index contributed by atoms with van der Waals surface area (Å²) in [7, 11) is 0. The lowest BCUT2D eigenvalue weighted by molar-refractivity contribution is 0.109. The third-order valence-corrected chi connectivity index (χ3v) is 2.90. The standard InChI is InChI=1S/C8H2Cl3FO2/c9-5-3(1-13)4(2-14)8(12)7(11)6(5)10/h1-2H. The highest BCUT2D eigenvalue weighted by atomic mass is 35.5. The normalized spacial score (nSPS) is 10.0. The van der Waals surface area contributed by atoms with Crippen LogP contribution >= 0.6 is 34.8 Å². The molecule has 0 saturated carbocycles. The van der Waals surface area contributed by atoms with Gasteiger partial charge in [-0.3, -0.25) is 9.59 Å². The Morgan fingerprint density at radius 2 is 1.36 bits per heavy atom. The molecule has 1 aromatic carbocycles. The van der Waals surface area contributed by atoms with Crippen molar-refractivity contribution in [3.8, 4) is 0 Å². The summed E-state index contributed by atoms with van der Waals surface area (Å²) in [6, 6.07) is 0. The topological polar surface area (TPSA) is 34.1 Å². The first kappa shape index (κ1) is 11.4. The molecule has 0 saturated heterocycles. The van der Waals surface area contributed by atoms with Crippen LogP contribution in [0, 0.1) is 5.82 Å². The van der Waals surface area contributed by atoms with Crippen LogP contribution in [0.5, 0.6) is 0 Å². The van der Waals surface area contributed by atoms with Gasteiger partial charge in [-0.25, -0.2) is 4.39 Å². The van der Waals surface area contributed by atoms with Crippen LogP contribution in [0.4, 0.5) is 4.39 Å². The fourth-order valence-corrected chi connectivity index (χ4v) is 1.57. The summed E-state index contributed by atoms with van der Waals surface area (Å²) in [5.41, 5.74) is -0.784. The molecular weight excluding hydrogens is 253 g/mol. The van der Waals surface area contributed by atoms with Crippen molar-refractivity contribution in [1.82, 2.24) is 0 Å². The van der Waals surface area contributed by atoms with Crippen molar-refractivity contribution in [1.29, 1.82) is 0 Å². The fraction of sp³-hybridized carbons (Fsp3) is 0. The van der Waals surface area contributed by atoms with E-state index in [-0.39, 0.29) is 28.2 Å². The van der Waals surface area contributed by atoms with Crippen LogP contribution in [0.2, 0.25) is 15.1 Å². The zero-order valence-electron chi connectivity index (χ0n) is 6.48. The van der Waals surface area contributed by atoms with Crippen molar-refractivity contribution >= 4 is 47.4 Å². The Morgan fingerprint density at radius 3 is 1.79 bits per heavy atom. The third-order valence-electron chi connectivity index (χ3n) is 1.58. The number of halogens is 4. The van der Waals surface area contributed by atoms with Crippen LogP contribution in [-0.2, 0) is 0 Å². The molecule has 1 aromatic rings. The Labute approximate surface area is 93.6 Å². The van der Waals surface area contributed by atoms with Gasteiger partial charge in [0.05, 0.1) is 20.6 Å². The minimum absolute atomic E-state index is 0.160. The molecule has 0 fully saturated rings. The molecule has 74 valence electrons. The van der Waals surface area contributed by atoms with E-state index >= 15 is 0 Å². The minimum atomic E-state index is -1.04. The van der Waals surface area contributed by atoms with E-state index < -0.39 is 16.4 Å². The number of hydrogen-bond acceptors (Lipinski definition) is 2. The number of hydrogen-bond donors (Lipinski definition) is 0. The van der Waals surface area contributed by atoms with E-state index in [1.165, 1.54) is 0 Å². The first-order valence-corrected chi connectivity index (χ1v) is 4.44. The number of carbonyl (C=O) groups is 2. The molecule has 6 heteroatoms. The van der Waals surface area contributed by atoms with Gasteiger partial charge in [-0.15, -0.1) is 0 Å². The Kier molecular flexibility index (Phi) is 3.48. The van der Waals surface area contributed by atoms with E-state index in [1.807, 2.05) is 0 Å². The van der Waals surface area contributed by atoms with Crippen molar-refractivity contribution in [2.45, 2.75) is 0 Å². The largest absolute Gasteiger partial charge is 0.298 e. The second-order valence-electron chi connectivity index (χ2n) is 2.32. The average Bonchev–Trinajstić information content (AvgIpc) is 2.20. The summed E-state index contributed by atoms with van der Waals surface area (Å²) < 4.78 is 13.2. The van der Waals surface area contributed by atoms with E-state index in [1.54, 1.807) is 0 Å². The summed E-state index contributed by atoms with van der Waals surface area (Å²) in [5.74, 6) is -1.04. The molecule has 0 atom stereocenters. The predicted octanol–water partition coefficient (Wildman–Crippen LogP) is 3.41. The van der Waals surface area contributed by atoms with E-state index in [0.29, 0.717) is 0 Å². The first-order valence-electron chi connectivity index (χ1n) is 3.30. The predicted molar refractivity (Wildman–Crippen MR) is 52.2 cm³/mol. The highest BCUT2D eigenvalue weighted by molar-refractivity contribution is 6.49. The highest BCUT2D eigenvalue weighted by Crippen LogP contribution is 2.36. The van der Waals surface area contributed by atoms with Crippen LogP contribution in [0.3, 0.4) is 0 Å². The molecule has 14 heavy (non-hydrogen) atoms. The van der Waals surface area contributed by atoms with Gasteiger partial charge >= 0.3 is 0 Å². The smallest absolute Gasteiger partial charge is 0.154 e. The van der Waals surface area contributed by atoms with Gasteiger partial charge in [0.25, 0.3) is 0 Å². The number of rotatable bonds is 2. The Hall–Kier alpha value is -0.640. The Bertz CT molecular complexity index is 379. The van der Waals surface area contributed by atoms with Gasteiger partial charge in [0.1, 0.15) is 0 Å². The summed E-state index contributed by atoms with van der Waals surface area (Å²) in [5, 5.41) is -0.974. The van der Waals surface area contributed by atoms with Gasteiger partial charge in [0.2, 0.25) is 0 Å². The Balaban J connectivity index is 3.73. The van der Waals surface area contributed by atoms with Crippen LogP contribution in [0.1, 0.15) is 20.7 Å². The molecule has 0 heterocycles. The van der Waals surface area contributed by atoms with E-state index in [0.717, 1.165) is 0 Å². The zero-order valence-corrected chi connectivity index (χ0v) is 8.75. The van der Waals surface area contributed by atoms with Crippen molar-refractivity contribution in [3.05, 3.63) is 32.0 Å². The third kappa shape index (κ3) is 1.63. The van der Waals surface area contributed by atoms with Crippen molar-refractivity contribution in [2.75, 3.05) is 0 Å². The average molecular weight is 255 g/mol. The number of aldehydes is 2. The van der Waals surface area contributed by atoms with Gasteiger partial charge in [0.15, 0.2) is 18.4 Å². The Morgan fingerprint density at radius 1 is 0.857 bits per heavy atom. The lowest BCUT2D eigenvalue weighted by Gasteiger charge is -2.06. The molecule has 0 bridgehead atoms. The van der Waals surface area contributed by atoms with Crippen LogP contribution in [0.25, 0.3) is 0 Å². The SMILES string of the molecule is O=Cc1c(F)c(Cl)c(Cl)c(Cl)c1C=O. The monoisotopic (exact) mass is 254 g/mol. The maximum Gasteiger partial charge on any atom is 0.154 e. The van der Waals surface area contributed by atoms with Crippen LogP contribution in [-0.4, -0.2) is 12.6 Å². The van der Waals surface area contributed by atoms with Gasteiger partial charge in [-0.05, 0) is 0 Å². The summed E-state index contributed by atoms with van der Waals surface area (Å²) >= 11 is 16.5. The van der Waals surface area contributed by atoms with Crippen molar-refractivity contribution in [2.24, 2.45) is 0 Å². The van der Waals surface area contributed by atoms with Gasteiger partial charge in [0, 0.05) is 5.56 Å². The quantitative estimate of drug-likeness (QED) is 0.461. The van der Waals surface area contributed by atoms with Crippen LogP contribution < -0.4 is 0 Å². The second kappa shape index (κ2) is 4.26. The molecule has 0 aliphatic rings. The van der Waals surface area contributed by atoms with Crippen molar-refractivity contribution in [3.63, 3.8) is 0 Å². The molecule has 0 unspecified atom stereocenters. The highest BCUT2D eigenvalue weighted by Gasteiger charge is 2.20. The van der Waals surface area contributed by atoms with E-state index in [9.17, 15) is 14.0 Å². The van der Waals surface area contributed by atoms with Gasteiger partial charge in [-0.2, -0.15) is 0 Å². The second-order valence-corrected chi connectivity index (χ2v) is 3.45. The molecule has 0 aliphatic heterocycles. The van der Waals surface area contributed by atoms with Crippen molar-refractivity contribution < 1.29 is 14.0 Å². The maximum absolute atomic E-state index is 13.2.